The molecule has 0 aliphatic rings. The summed E-state index contributed by atoms with van der Waals surface area (Å²) in [4.78, 5) is 13.4. The molecule has 100 valence electrons. The third-order valence-corrected chi connectivity index (χ3v) is 2.84. The van der Waals surface area contributed by atoms with Crippen molar-refractivity contribution in [1.29, 1.82) is 0 Å². The van der Waals surface area contributed by atoms with Gasteiger partial charge < -0.3 is 10.6 Å². The molecule has 0 unspecified atom stereocenters. The minimum atomic E-state index is -0.394. The number of anilines is 1. The summed E-state index contributed by atoms with van der Waals surface area (Å²) in [5, 5.41) is 7.83. The van der Waals surface area contributed by atoms with E-state index in [1.165, 1.54) is 4.90 Å². The van der Waals surface area contributed by atoms with Crippen LogP contribution in [0.1, 0.15) is 16.1 Å². The van der Waals surface area contributed by atoms with Crippen LogP contribution in [0.2, 0.25) is 10.0 Å². The van der Waals surface area contributed by atoms with Crippen LogP contribution in [0, 0.1) is 0 Å². The molecule has 0 aliphatic heterocycles. The van der Waals surface area contributed by atoms with Crippen LogP contribution in [0.3, 0.4) is 0 Å². The van der Waals surface area contributed by atoms with Gasteiger partial charge in [-0.25, -0.2) is 4.63 Å². The highest BCUT2D eigenvalue weighted by molar-refractivity contribution is 6.34. The lowest BCUT2D eigenvalue weighted by molar-refractivity contribution is 0.0774. The van der Waals surface area contributed by atoms with Crippen LogP contribution < -0.4 is 5.73 Å². The molecule has 0 saturated carbocycles. The maximum atomic E-state index is 12.0. The predicted octanol–water partition coefficient (Wildman–Crippen LogP) is 2.23. The fourth-order valence-corrected chi connectivity index (χ4v) is 2.14. The largest absolute Gasteiger partial charge is 0.379 e. The summed E-state index contributed by atoms with van der Waals surface area (Å²) in [5.74, 6) is -0.434. The van der Waals surface area contributed by atoms with E-state index in [-0.39, 0.29) is 11.5 Å². The highest BCUT2D eigenvalue weighted by Crippen LogP contribution is 2.20. The van der Waals surface area contributed by atoms with Crippen molar-refractivity contribution >= 4 is 34.9 Å². The van der Waals surface area contributed by atoms with Gasteiger partial charge in [0.05, 0.1) is 0 Å². The molecule has 2 rings (SSSR count). The Morgan fingerprint density at radius 2 is 1.95 bits per heavy atom. The third kappa shape index (κ3) is 3.15. The molecule has 1 amide bonds. The third-order valence-electron chi connectivity index (χ3n) is 2.41. The van der Waals surface area contributed by atoms with Crippen molar-refractivity contribution in [3.8, 4) is 0 Å². The number of nitrogens with two attached hydrogens (primary N) is 1. The van der Waals surface area contributed by atoms with E-state index in [1.54, 1.807) is 25.2 Å². The molecule has 0 aliphatic carbocycles. The number of halogens is 2. The van der Waals surface area contributed by atoms with Gasteiger partial charge in [0.1, 0.15) is 0 Å². The Morgan fingerprint density at radius 1 is 1.32 bits per heavy atom. The summed E-state index contributed by atoms with van der Waals surface area (Å²) in [5.41, 5.74) is 6.24. The van der Waals surface area contributed by atoms with Gasteiger partial charge in [-0.3, -0.25) is 4.79 Å². The van der Waals surface area contributed by atoms with E-state index in [4.69, 9.17) is 28.9 Å². The van der Waals surface area contributed by atoms with Gasteiger partial charge >= 0.3 is 0 Å². The van der Waals surface area contributed by atoms with Gasteiger partial charge in [0, 0.05) is 23.6 Å². The topological polar surface area (TPSA) is 85.2 Å². The molecular formula is C11H10Cl2N4O2. The standard InChI is InChI=1S/C11H10Cl2N4O2/c1-17(11(18)9-10(14)16-19-15-9)5-6-2-7(12)4-8(13)3-6/h2-4H,5H2,1H3,(H2,14,16). The number of nitrogen functional groups attached to an aromatic ring is 1. The van der Waals surface area contributed by atoms with Crippen LogP contribution in [0.4, 0.5) is 5.82 Å². The van der Waals surface area contributed by atoms with Crippen LogP contribution in [0.25, 0.3) is 0 Å². The number of carbonyl (C=O) groups excluding carboxylic acids is 1. The molecule has 0 spiro atoms. The molecule has 1 aromatic heterocycles. The zero-order valence-corrected chi connectivity index (χ0v) is 11.4. The van der Waals surface area contributed by atoms with E-state index in [0.717, 1.165) is 5.56 Å². The second kappa shape index (κ2) is 5.46. The second-order valence-electron chi connectivity index (χ2n) is 3.94. The first-order valence-electron chi connectivity index (χ1n) is 5.26. The summed E-state index contributed by atoms with van der Waals surface area (Å²) in [6.07, 6.45) is 0. The highest BCUT2D eigenvalue weighted by atomic mass is 35.5. The van der Waals surface area contributed by atoms with Crippen molar-refractivity contribution in [3.63, 3.8) is 0 Å². The Bertz CT molecular complexity index is 594. The molecule has 8 heteroatoms. The van der Waals surface area contributed by atoms with Gasteiger partial charge in [-0.2, -0.15) is 0 Å². The first-order valence-corrected chi connectivity index (χ1v) is 6.01. The number of hydrogen-bond acceptors (Lipinski definition) is 5. The number of amides is 1. The van der Waals surface area contributed by atoms with E-state index < -0.39 is 5.91 Å². The van der Waals surface area contributed by atoms with E-state index in [9.17, 15) is 4.79 Å². The monoisotopic (exact) mass is 300 g/mol. The summed E-state index contributed by atoms with van der Waals surface area (Å²) < 4.78 is 4.39. The van der Waals surface area contributed by atoms with Crippen molar-refractivity contribution in [2.75, 3.05) is 12.8 Å². The SMILES string of the molecule is CN(Cc1cc(Cl)cc(Cl)c1)C(=O)c1nonc1N. The lowest BCUT2D eigenvalue weighted by Crippen LogP contribution is -2.27. The van der Waals surface area contributed by atoms with Crippen molar-refractivity contribution in [3.05, 3.63) is 39.5 Å². The smallest absolute Gasteiger partial charge is 0.280 e. The number of benzene rings is 1. The molecule has 0 radical (unpaired) electrons. The van der Waals surface area contributed by atoms with Gasteiger partial charge in [-0.1, -0.05) is 23.2 Å². The number of carbonyl (C=O) groups is 1. The van der Waals surface area contributed by atoms with E-state index in [2.05, 4.69) is 14.9 Å². The summed E-state index contributed by atoms with van der Waals surface area (Å²) in [7, 11) is 1.60. The summed E-state index contributed by atoms with van der Waals surface area (Å²) >= 11 is 11.8. The van der Waals surface area contributed by atoms with Crippen molar-refractivity contribution in [2.45, 2.75) is 6.54 Å². The molecule has 2 aromatic rings. The Hall–Kier alpha value is -1.79. The second-order valence-corrected chi connectivity index (χ2v) is 4.81. The van der Waals surface area contributed by atoms with Crippen molar-refractivity contribution < 1.29 is 9.42 Å². The van der Waals surface area contributed by atoms with Gasteiger partial charge in [0.15, 0.2) is 0 Å². The molecule has 0 saturated heterocycles. The number of aromatic nitrogens is 2. The minimum absolute atomic E-state index is 0.0179. The number of hydrogen-bond donors (Lipinski definition) is 1. The first-order chi connectivity index (χ1) is 8.97. The minimum Gasteiger partial charge on any atom is -0.379 e. The van der Waals surface area contributed by atoms with Crippen LogP contribution in [0.15, 0.2) is 22.8 Å². The lowest BCUT2D eigenvalue weighted by Gasteiger charge is -2.16. The Labute approximate surface area is 119 Å². The predicted molar refractivity (Wildman–Crippen MR) is 71.0 cm³/mol. The number of nitrogens with zero attached hydrogens (tertiary/aromatic N) is 3. The molecule has 0 atom stereocenters. The van der Waals surface area contributed by atoms with Gasteiger partial charge in [0.2, 0.25) is 11.5 Å². The maximum Gasteiger partial charge on any atom is 0.280 e. The number of rotatable bonds is 3. The van der Waals surface area contributed by atoms with Gasteiger partial charge in [-0.15, -0.1) is 0 Å². The molecule has 1 aromatic carbocycles. The van der Waals surface area contributed by atoms with E-state index in [0.29, 0.717) is 16.6 Å². The molecule has 19 heavy (non-hydrogen) atoms. The highest BCUT2D eigenvalue weighted by Gasteiger charge is 2.20. The van der Waals surface area contributed by atoms with Gasteiger partial charge in [-0.05, 0) is 34.1 Å². The van der Waals surface area contributed by atoms with Crippen LogP contribution >= 0.6 is 23.2 Å². The van der Waals surface area contributed by atoms with Crippen molar-refractivity contribution in [2.24, 2.45) is 0 Å². The van der Waals surface area contributed by atoms with Crippen molar-refractivity contribution in [1.82, 2.24) is 15.2 Å². The van der Waals surface area contributed by atoms with E-state index in [1.807, 2.05) is 0 Å². The molecule has 6 nitrogen and oxygen atoms in total. The van der Waals surface area contributed by atoms with Crippen LogP contribution in [-0.4, -0.2) is 28.2 Å². The fraction of sp³-hybridized carbons (Fsp3) is 0.182. The summed E-state index contributed by atoms with van der Waals surface area (Å²) in [6.45, 7) is 0.311. The molecule has 1 heterocycles. The quantitative estimate of drug-likeness (QED) is 0.939. The average molecular weight is 301 g/mol. The van der Waals surface area contributed by atoms with E-state index >= 15 is 0 Å². The molecule has 0 bridgehead atoms. The Balaban J connectivity index is 2.15. The average Bonchev–Trinajstić information content (AvgIpc) is 2.73. The first kappa shape index (κ1) is 13.6. The fourth-order valence-electron chi connectivity index (χ4n) is 1.57. The Morgan fingerprint density at radius 3 is 2.47 bits per heavy atom. The molecule has 2 N–H and O–H groups in total. The van der Waals surface area contributed by atoms with Crippen LogP contribution in [0.5, 0.6) is 0 Å². The van der Waals surface area contributed by atoms with Gasteiger partial charge in [0.25, 0.3) is 5.91 Å². The molecule has 0 fully saturated rings. The lowest BCUT2D eigenvalue weighted by atomic mass is 10.2. The normalized spacial score (nSPS) is 10.5. The zero-order valence-electron chi connectivity index (χ0n) is 9.93. The Kier molecular flexibility index (Phi) is 3.92. The zero-order chi connectivity index (χ0) is 14.0. The summed E-state index contributed by atoms with van der Waals surface area (Å²) in [6, 6.07) is 5.07. The van der Waals surface area contributed by atoms with Crippen LogP contribution in [-0.2, 0) is 6.54 Å². The maximum absolute atomic E-state index is 12.0. The molecular weight excluding hydrogens is 291 g/mol.